The van der Waals surface area contributed by atoms with Gasteiger partial charge in [0.25, 0.3) is 5.56 Å². The van der Waals surface area contributed by atoms with Crippen LogP contribution in [-0.4, -0.2) is 4.57 Å². The number of pyridine rings is 1. The molecular weight excluding hydrogens is 361 g/mol. The smallest absolute Gasteiger partial charge is 0.264 e. The molecule has 3 heteroatoms. The molecule has 0 aliphatic heterocycles. The second-order valence-corrected chi connectivity index (χ2v) is 6.02. The number of para-hydroxylation sites is 1. The number of benzene rings is 2. The summed E-state index contributed by atoms with van der Waals surface area (Å²) in [6.07, 6.45) is 0. The van der Waals surface area contributed by atoms with Crippen LogP contribution in [0.25, 0.3) is 22.0 Å². The first-order valence-corrected chi connectivity index (χ1v) is 7.52. The minimum absolute atomic E-state index is 0.0554. The highest BCUT2D eigenvalue weighted by Crippen LogP contribution is 2.31. The van der Waals surface area contributed by atoms with Crippen LogP contribution >= 0.6 is 22.6 Å². The summed E-state index contributed by atoms with van der Waals surface area (Å²) in [5, 5.41) is 1.11. The van der Waals surface area contributed by atoms with Crippen LogP contribution in [0.15, 0.2) is 53.3 Å². The Kier molecular flexibility index (Phi) is 3.38. The molecule has 0 spiro atoms. The van der Waals surface area contributed by atoms with E-state index in [4.69, 9.17) is 0 Å². The van der Waals surface area contributed by atoms with Crippen LogP contribution in [0, 0.1) is 10.5 Å². The van der Waals surface area contributed by atoms with Gasteiger partial charge in [-0.2, -0.15) is 0 Å². The molecule has 20 heavy (non-hydrogen) atoms. The van der Waals surface area contributed by atoms with Gasteiger partial charge in [0.05, 0.1) is 9.09 Å². The zero-order valence-corrected chi connectivity index (χ0v) is 13.5. The Bertz CT molecular complexity index is 847. The highest BCUT2D eigenvalue weighted by atomic mass is 127. The van der Waals surface area contributed by atoms with Crippen molar-refractivity contribution in [3.8, 4) is 11.1 Å². The quantitative estimate of drug-likeness (QED) is 0.587. The molecule has 1 aromatic heterocycles. The van der Waals surface area contributed by atoms with Gasteiger partial charge in [-0.05, 0) is 41.1 Å². The average molecular weight is 375 g/mol. The number of hydrogen-bond acceptors (Lipinski definition) is 1. The van der Waals surface area contributed by atoms with Gasteiger partial charge >= 0.3 is 0 Å². The Morgan fingerprint density at radius 1 is 1.00 bits per heavy atom. The fourth-order valence-electron chi connectivity index (χ4n) is 2.46. The van der Waals surface area contributed by atoms with E-state index in [0.29, 0.717) is 0 Å². The van der Waals surface area contributed by atoms with E-state index in [-0.39, 0.29) is 5.56 Å². The monoisotopic (exact) mass is 375 g/mol. The number of hydrogen-bond donors (Lipinski definition) is 0. The summed E-state index contributed by atoms with van der Waals surface area (Å²) in [6, 6.07) is 16.4. The molecule has 0 unspecified atom stereocenters. The van der Waals surface area contributed by atoms with Gasteiger partial charge in [0.2, 0.25) is 0 Å². The number of nitrogens with zero attached hydrogens (tertiary/aromatic N) is 1. The van der Waals surface area contributed by atoms with Crippen molar-refractivity contribution in [1.29, 1.82) is 0 Å². The fourth-order valence-corrected chi connectivity index (χ4v) is 3.43. The van der Waals surface area contributed by atoms with Gasteiger partial charge in [-0.1, -0.05) is 48.0 Å². The summed E-state index contributed by atoms with van der Waals surface area (Å²) < 4.78 is 2.49. The molecule has 0 amide bonds. The Morgan fingerprint density at radius 2 is 1.65 bits per heavy atom. The fraction of sp³-hybridized carbons (Fsp3) is 0.118. The Labute approximate surface area is 131 Å². The van der Waals surface area contributed by atoms with Crippen molar-refractivity contribution >= 4 is 33.5 Å². The Balaban J connectivity index is 2.46. The zero-order valence-electron chi connectivity index (χ0n) is 11.4. The van der Waals surface area contributed by atoms with Gasteiger partial charge in [-0.25, -0.2) is 0 Å². The van der Waals surface area contributed by atoms with Crippen molar-refractivity contribution in [2.75, 3.05) is 0 Å². The highest BCUT2D eigenvalue weighted by Gasteiger charge is 2.14. The van der Waals surface area contributed by atoms with Gasteiger partial charge in [0.1, 0.15) is 0 Å². The second-order valence-electron chi connectivity index (χ2n) is 4.94. The van der Waals surface area contributed by atoms with Crippen molar-refractivity contribution in [3.05, 3.63) is 68.0 Å². The van der Waals surface area contributed by atoms with Gasteiger partial charge in [0.15, 0.2) is 0 Å². The molecule has 0 atom stereocenters. The summed E-state index contributed by atoms with van der Waals surface area (Å²) in [6.45, 7) is 2.07. The van der Waals surface area contributed by atoms with Crippen molar-refractivity contribution in [2.24, 2.45) is 7.05 Å². The molecule has 0 saturated carbocycles. The summed E-state index contributed by atoms with van der Waals surface area (Å²) >= 11 is 2.16. The highest BCUT2D eigenvalue weighted by molar-refractivity contribution is 14.1. The van der Waals surface area contributed by atoms with Gasteiger partial charge in [0, 0.05) is 18.0 Å². The minimum atomic E-state index is 0.0554. The SMILES string of the molecule is Cc1ccc(-c2c(I)c(=O)n(C)c3ccccc23)cc1. The molecule has 3 aromatic rings. The summed E-state index contributed by atoms with van der Waals surface area (Å²) in [5.41, 5.74) is 4.36. The van der Waals surface area contributed by atoms with Crippen molar-refractivity contribution in [2.45, 2.75) is 6.92 Å². The molecule has 0 aliphatic carbocycles. The topological polar surface area (TPSA) is 22.0 Å². The predicted molar refractivity (Wildman–Crippen MR) is 92.1 cm³/mol. The molecule has 0 N–H and O–H groups in total. The van der Waals surface area contributed by atoms with Gasteiger partial charge in [-0.3, -0.25) is 4.79 Å². The molecule has 2 aromatic carbocycles. The second kappa shape index (κ2) is 5.05. The van der Waals surface area contributed by atoms with Gasteiger partial charge in [-0.15, -0.1) is 0 Å². The first-order chi connectivity index (χ1) is 9.59. The standard InChI is InChI=1S/C17H14INO/c1-11-7-9-12(10-8-11)15-13-5-3-4-6-14(13)19(2)17(20)16(15)18/h3-10H,1-2H3. The average Bonchev–Trinajstić information content (AvgIpc) is 2.47. The van der Waals surface area contributed by atoms with Crippen molar-refractivity contribution in [3.63, 3.8) is 0 Å². The third kappa shape index (κ3) is 2.06. The number of aromatic nitrogens is 1. The molecule has 0 aliphatic rings. The first kappa shape index (κ1) is 13.4. The summed E-state index contributed by atoms with van der Waals surface area (Å²) in [5.74, 6) is 0. The zero-order chi connectivity index (χ0) is 14.3. The maximum atomic E-state index is 12.4. The summed E-state index contributed by atoms with van der Waals surface area (Å²) in [7, 11) is 1.83. The van der Waals surface area contributed by atoms with Crippen LogP contribution < -0.4 is 5.56 Å². The van der Waals surface area contributed by atoms with E-state index < -0.39 is 0 Å². The van der Waals surface area contributed by atoms with Crippen LogP contribution in [0.1, 0.15) is 5.56 Å². The van der Waals surface area contributed by atoms with E-state index in [1.807, 2.05) is 25.2 Å². The van der Waals surface area contributed by atoms with E-state index in [9.17, 15) is 4.79 Å². The summed E-state index contributed by atoms with van der Waals surface area (Å²) in [4.78, 5) is 12.4. The Morgan fingerprint density at radius 3 is 2.35 bits per heavy atom. The van der Waals surface area contributed by atoms with E-state index in [2.05, 4.69) is 59.8 Å². The third-order valence-corrected chi connectivity index (χ3v) is 4.59. The maximum Gasteiger partial charge on any atom is 0.264 e. The lowest BCUT2D eigenvalue weighted by Gasteiger charge is -2.13. The number of rotatable bonds is 1. The number of halogens is 1. The molecule has 0 bridgehead atoms. The lowest BCUT2D eigenvalue weighted by Crippen LogP contribution is -2.20. The van der Waals surface area contributed by atoms with Gasteiger partial charge < -0.3 is 4.57 Å². The van der Waals surface area contributed by atoms with E-state index in [1.54, 1.807) is 4.57 Å². The molecule has 3 rings (SSSR count). The number of fused-ring (bicyclic) bond motifs is 1. The van der Waals surface area contributed by atoms with E-state index >= 15 is 0 Å². The maximum absolute atomic E-state index is 12.4. The lowest BCUT2D eigenvalue weighted by molar-refractivity contribution is 0.899. The van der Waals surface area contributed by atoms with Crippen molar-refractivity contribution < 1.29 is 0 Å². The largest absolute Gasteiger partial charge is 0.310 e. The lowest BCUT2D eigenvalue weighted by atomic mass is 10.00. The van der Waals surface area contributed by atoms with Crippen LogP contribution in [0.5, 0.6) is 0 Å². The van der Waals surface area contributed by atoms with Crippen molar-refractivity contribution in [1.82, 2.24) is 4.57 Å². The predicted octanol–water partition coefficient (Wildman–Crippen LogP) is 4.12. The van der Waals surface area contributed by atoms with Crippen LogP contribution in [-0.2, 0) is 7.05 Å². The minimum Gasteiger partial charge on any atom is -0.310 e. The Hall–Kier alpha value is -1.62. The van der Waals surface area contributed by atoms with Crippen LogP contribution in [0.3, 0.4) is 0 Å². The normalized spacial score (nSPS) is 10.9. The van der Waals surface area contributed by atoms with Crippen LogP contribution in [0.4, 0.5) is 0 Å². The third-order valence-electron chi connectivity index (χ3n) is 3.59. The molecular formula is C17H14INO. The molecule has 2 nitrogen and oxygen atoms in total. The molecule has 0 radical (unpaired) electrons. The molecule has 0 fully saturated rings. The molecule has 1 heterocycles. The van der Waals surface area contributed by atoms with E-state index in [1.165, 1.54) is 5.56 Å². The van der Waals surface area contributed by atoms with Crippen LogP contribution in [0.2, 0.25) is 0 Å². The molecule has 100 valence electrons. The molecule has 0 saturated heterocycles. The van der Waals surface area contributed by atoms with E-state index in [0.717, 1.165) is 25.6 Å². The first-order valence-electron chi connectivity index (χ1n) is 6.44. The number of aryl methyl sites for hydroxylation is 2.